The molecule has 1 aromatic rings. The predicted octanol–water partition coefficient (Wildman–Crippen LogP) is 1.22. The van der Waals surface area contributed by atoms with E-state index in [1.807, 2.05) is 0 Å². The number of methoxy groups -OCH3 is 2. The van der Waals surface area contributed by atoms with Gasteiger partial charge < -0.3 is 18.6 Å². The maximum atomic E-state index is 11.5. The Morgan fingerprint density at radius 3 is 2.45 bits per heavy atom. The molecule has 0 bridgehead atoms. The lowest BCUT2D eigenvalue weighted by Gasteiger charge is -2.09. The van der Waals surface area contributed by atoms with Crippen LogP contribution in [0.3, 0.4) is 0 Å². The molecular weight excluding hydrogens is 294 g/mol. The van der Waals surface area contributed by atoms with Crippen molar-refractivity contribution in [2.45, 2.75) is 13.3 Å². The summed E-state index contributed by atoms with van der Waals surface area (Å²) in [7, 11) is 2.36. The zero-order chi connectivity index (χ0) is 16.5. The number of rotatable bonds is 7. The molecule has 0 aromatic carbocycles. The van der Waals surface area contributed by atoms with Crippen molar-refractivity contribution in [1.29, 1.82) is 0 Å². The molecular formula is C14H17NO7. The number of aromatic nitrogens is 1. The van der Waals surface area contributed by atoms with Gasteiger partial charge in [0.05, 0.1) is 20.8 Å². The number of ether oxygens (including phenoxy) is 3. The van der Waals surface area contributed by atoms with E-state index >= 15 is 0 Å². The molecule has 0 saturated carbocycles. The maximum absolute atomic E-state index is 11.5. The number of carbonyl (C=O) groups is 3. The third-order valence-corrected chi connectivity index (χ3v) is 2.61. The van der Waals surface area contributed by atoms with Gasteiger partial charge in [-0.15, -0.1) is 0 Å². The molecule has 0 fully saturated rings. The molecule has 8 nitrogen and oxygen atoms in total. The van der Waals surface area contributed by atoms with Gasteiger partial charge in [0.2, 0.25) is 5.89 Å². The van der Waals surface area contributed by atoms with Crippen LogP contribution < -0.4 is 0 Å². The Hall–Kier alpha value is -2.64. The second kappa shape index (κ2) is 8.60. The second-order valence-corrected chi connectivity index (χ2v) is 4.03. The van der Waals surface area contributed by atoms with Crippen LogP contribution in [0.2, 0.25) is 0 Å². The SMILES string of the molecule is CCOC(=O)c1coc(/C=C/CC(C(=O)OC)C(=O)OC)n1. The standard InChI is InChI=1S/C14H17NO7/c1-4-21-14(18)10-8-22-11(15-10)7-5-6-9(12(16)19-2)13(17)20-3/h5,7-9H,4,6H2,1-3H3/b7-5+. The third-order valence-electron chi connectivity index (χ3n) is 2.61. The summed E-state index contributed by atoms with van der Waals surface area (Å²) in [6.07, 6.45) is 4.15. The lowest BCUT2D eigenvalue weighted by atomic mass is 10.1. The van der Waals surface area contributed by atoms with Crippen molar-refractivity contribution in [3.05, 3.63) is 23.9 Å². The van der Waals surface area contributed by atoms with Gasteiger partial charge >= 0.3 is 17.9 Å². The molecule has 0 unspecified atom stereocenters. The number of nitrogens with zero attached hydrogens (tertiary/aromatic N) is 1. The molecule has 0 aliphatic heterocycles. The lowest BCUT2D eigenvalue weighted by molar-refractivity contribution is -0.158. The van der Waals surface area contributed by atoms with Gasteiger partial charge in [0.25, 0.3) is 0 Å². The van der Waals surface area contributed by atoms with Gasteiger partial charge in [-0.1, -0.05) is 6.08 Å². The van der Waals surface area contributed by atoms with Crippen molar-refractivity contribution < 1.29 is 33.0 Å². The minimum absolute atomic E-state index is 0.0407. The molecule has 0 aliphatic rings. The molecule has 0 N–H and O–H groups in total. The number of hydrogen-bond donors (Lipinski definition) is 0. The Kier molecular flexibility index (Phi) is 6.81. The van der Waals surface area contributed by atoms with Crippen LogP contribution in [0.5, 0.6) is 0 Å². The predicted molar refractivity (Wildman–Crippen MR) is 73.6 cm³/mol. The first-order valence-corrected chi connectivity index (χ1v) is 6.48. The van der Waals surface area contributed by atoms with Crippen molar-refractivity contribution in [3.8, 4) is 0 Å². The van der Waals surface area contributed by atoms with Crippen LogP contribution >= 0.6 is 0 Å². The van der Waals surface area contributed by atoms with Gasteiger partial charge in [0.1, 0.15) is 6.26 Å². The number of esters is 3. The van der Waals surface area contributed by atoms with Gasteiger partial charge in [-0.05, 0) is 19.4 Å². The summed E-state index contributed by atoms with van der Waals surface area (Å²) < 4.78 is 18.9. The first-order valence-electron chi connectivity index (χ1n) is 6.48. The highest BCUT2D eigenvalue weighted by Gasteiger charge is 2.27. The molecule has 120 valence electrons. The summed E-state index contributed by atoms with van der Waals surface area (Å²) in [5, 5.41) is 0. The van der Waals surface area contributed by atoms with Crippen LogP contribution in [0.1, 0.15) is 29.7 Å². The van der Waals surface area contributed by atoms with E-state index in [9.17, 15) is 14.4 Å². The summed E-state index contributed by atoms with van der Waals surface area (Å²) >= 11 is 0. The molecule has 8 heteroatoms. The van der Waals surface area contributed by atoms with Crippen molar-refractivity contribution >= 4 is 24.0 Å². The highest BCUT2D eigenvalue weighted by atomic mass is 16.5. The quantitative estimate of drug-likeness (QED) is 0.420. The third kappa shape index (κ3) is 4.72. The summed E-state index contributed by atoms with van der Waals surface area (Å²) in [4.78, 5) is 38.2. The Balaban J connectivity index is 2.69. The first kappa shape index (κ1) is 17.4. The number of oxazole rings is 1. The molecule has 1 heterocycles. The van der Waals surface area contributed by atoms with Gasteiger partial charge in [0, 0.05) is 0 Å². The van der Waals surface area contributed by atoms with E-state index < -0.39 is 23.8 Å². The molecule has 22 heavy (non-hydrogen) atoms. The fourth-order valence-corrected chi connectivity index (χ4v) is 1.54. The van der Waals surface area contributed by atoms with E-state index in [1.54, 1.807) is 6.92 Å². The van der Waals surface area contributed by atoms with Crippen LogP contribution in [0.15, 0.2) is 16.8 Å². The van der Waals surface area contributed by atoms with Crippen LogP contribution in [0.4, 0.5) is 0 Å². The van der Waals surface area contributed by atoms with E-state index in [0.717, 1.165) is 6.26 Å². The monoisotopic (exact) mass is 311 g/mol. The first-order chi connectivity index (χ1) is 10.5. The van der Waals surface area contributed by atoms with Gasteiger partial charge in [-0.2, -0.15) is 0 Å². The smallest absolute Gasteiger partial charge is 0.360 e. The average Bonchev–Trinajstić information content (AvgIpc) is 2.99. The highest BCUT2D eigenvalue weighted by molar-refractivity contribution is 5.95. The number of hydrogen-bond acceptors (Lipinski definition) is 8. The van der Waals surface area contributed by atoms with Crippen LogP contribution in [0.25, 0.3) is 6.08 Å². The Morgan fingerprint density at radius 2 is 1.91 bits per heavy atom. The van der Waals surface area contributed by atoms with E-state index in [0.29, 0.717) is 0 Å². The summed E-state index contributed by atoms with van der Waals surface area (Å²) in [6, 6.07) is 0. The molecule has 0 aliphatic carbocycles. The fraction of sp³-hybridized carbons (Fsp3) is 0.429. The maximum Gasteiger partial charge on any atom is 0.360 e. The summed E-state index contributed by atoms with van der Waals surface area (Å²) in [5.74, 6) is -2.90. The molecule has 0 saturated heterocycles. The minimum Gasteiger partial charge on any atom is -0.468 e. The van der Waals surface area contributed by atoms with Gasteiger partial charge in [0.15, 0.2) is 11.6 Å². The molecule has 1 aromatic heterocycles. The van der Waals surface area contributed by atoms with E-state index in [4.69, 9.17) is 9.15 Å². The highest BCUT2D eigenvalue weighted by Crippen LogP contribution is 2.11. The van der Waals surface area contributed by atoms with Crippen molar-refractivity contribution in [3.63, 3.8) is 0 Å². The largest absolute Gasteiger partial charge is 0.468 e. The van der Waals surface area contributed by atoms with Gasteiger partial charge in [-0.3, -0.25) is 9.59 Å². The van der Waals surface area contributed by atoms with Crippen LogP contribution in [0, 0.1) is 5.92 Å². The average molecular weight is 311 g/mol. The van der Waals surface area contributed by atoms with Crippen LogP contribution in [-0.2, 0) is 23.8 Å². The van der Waals surface area contributed by atoms with Crippen LogP contribution in [-0.4, -0.2) is 43.7 Å². The topological polar surface area (TPSA) is 105 Å². The summed E-state index contributed by atoms with van der Waals surface area (Å²) in [6.45, 7) is 1.91. The lowest BCUT2D eigenvalue weighted by Crippen LogP contribution is -2.25. The normalized spacial score (nSPS) is 10.7. The minimum atomic E-state index is -1.06. The Morgan fingerprint density at radius 1 is 1.27 bits per heavy atom. The van der Waals surface area contributed by atoms with Crippen molar-refractivity contribution in [1.82, 2.24) is 4.98 Å². The second-order valence-electron chi connectivity index (χ2n) is 4.03. The van der Waals surface area contributed by atoms with E-state index in [2.05, 4.69) is 14.5 Å². The Bertz CT molecular complexity index is 545. The van der Waals surface area contributed by atoms with E-state index in [-0.39, 0.29) is 24.6 Å². The van der Waals surface area contributed by atoms with Gasteiger partial charge in [-0.25, -0.2) is 9.78 Å². The molecule has 0 atom stereocenters. The van der Waals surface area contributed by atoms with Crippen molar-refractivity contribution in [2.75, 3.05) is 20.8 Å². The molecule has 0 radical (unpaired) electrons. The fourth-order valence-electron chi connectivity index (χ4n) is 1.54. The molecule has 1 rings (SSSR count). The van der Waals surface area contributed by atoms with Crippen molar-refractivity contribution in [2.24, 2.45) is 5.92 Å². The molecule has 0 spiro atoms. The Labute approximate surface area is 127 Å². The molecule has 0 amide bonds. The number of carbonyl (C=O) groups excluding carboxylic acids is 3. The zero-order valence-electron chi connectivity index (χ0n) is 12.5. The zero-order valence-corrected chi connectivity index (χ0v) is 12.5. The van der Waals surface area contributed by atoms with E-state index in [1.165, 1.54) is 26.4 Å². The number of allylic oxidation sites excluding steroid dienone is 1. The summed E-state index contributed by atoms with van der Waals surface area (Å²) in [5.41, 5.74) is 0.0407.